The van der Waals surface area contributed by atoms with E-state index in [1.54, 1.807) is 23.5 Å². The van der Waals surface area contributed by atoms with Crippen LogP contribution in [-0.2, 0) is 17.8 Å². The Morgan fingerprint density at radius 2 is 1.66 bits per heavy atom. The van der Waals surface area contributed by atoms with E-state index in [0.29, 0.717) is 12.1 Å². The van der Waals surface area contributed by atoms with Crippen LogP contribution < -0.4 is 10.6 Å². The molecule has 3 rings (SSSR count). The minimum atomic E-state index is -0.183. The van der Waals surface area contributed by atoms with Crippen LogP contribution in [0.15, 0.2) is 66.0 Å². The topological polar surface area (TPSA) is 58.2 Å². The molecule has 0 aliphatic carbocycles. The Kier molecular flexibility index (Phi) is 7.19. The van der Waals surface area contributed by atoms with Crippen molar-refractivity contribution in [3.8, 4) is 0 Å². The number of carbonyl (C=O) groups excluding carboxylic acids is 2. The Morgan fingerprint density at radius 3 is 2.24 bits per heavy atom. The molecule has 150 valence electrons. The van der Waals surface area contributed by atoms with Crippen LogP contribution in [0.2, 0.25) is 0 Å². The smallest absolute Gasteiger partial charge is 0.252 e. The Labute approximate surface area is 176 Å². The molecule has 0 bridgehead atoms. The molecule has 1 atom stereocenters. The zero-order valence-electron chi connectivity index (χ0n) is 16.8. The van der Waals surface area contributed by atoms with Gasteiger partial charge in [-0.2, -0.15) is 0 Å². The molecular weight excluding hydrogens is 380 g/mol. The molecule has 2 aromatic carbocycles. The molecule has 1 aromatic heterocycles. The molecule has 1 unspecified atom stereocenters. The van der Waals surface area contributed by atoms with Crippen LogP contribution in [0.4, 0.5) is 0 Å². The number of hydrogen-bond acceptors (Lipinski definition) is 3. The summed E-state index contributed by atoms with van der Waals surface area (Å²) in [6.07, 6.45) is 2.17. The Balaban J connectivity index is 1.75. The highest BCUT2D eigenvalue weighted by Crippen LogP contribution is 2.27. The van der Waals surface area contributed by atoms with Gasteiger partial charge in [-0.05, 0) is 46.7 Å². The molecule has 1 heterocycles. The summed E-state index contributed by atoms with van der Waals surface area (Å²) in [5.41, 5.74) is 3.93. The maximum absolute atomic E-state index is 12.9. The van der Waals surface area contributed by atoms with Gasteiger partial charge in [0.25, 0.3) is 5.91 Å². The SMILES string of the molecule is CCCc1ccc(C(NC(=O)c2ccc(CNC(C)=O)cc2)c2cccs2)cc1. The van der Waals surface area contributed by atoms with E-state index in [2.05, 4.69) is 41.8 Å². The average Bonchev–Trinajstić information content (AvgIpc) is 3.26. The lowest BCUT2D eigenvalue weighted by molar-refractivity contribution is -0.119. The number of amides is 2. The molecule has 0 aliphatic rings. The lowest BCUT2D eigenvalue weighted by atomic mass is 10.0. The number of benzene rings is 2. The van der Waals surface area contributed by atoms with Crippen LogP contribution in [-0.4, -0.2) is 11.8 Å². The van der Waals surface area contributed by atoms with E-state index in [-0.39, 0.29) is 17.9 Å². The fourth-order valence-electron chi connectivity index (χ4n) is 3.15. The van der Waals surface area contributed by atoms with Crippen LogP contribution in [0, 0.1) is 0 Å². The molecule has 0 aliphatic heterocycles. The molecule has 3 aromatic rings. The first kappa shape index (κ1) is 20.8. The van der Waals surface area contributed by atoms with E-state index in [4.69, 9.17) is 0 Å². The zero-order chi connectivity index (χ0) is 20.6. The van der Waals surface area contributed by atoms with Gasteiger partial charge in [0.05, 0.1) is 6.04 Å². The highest BCUT2D eigenvalue weighted by atomic mass is 32.1. The van der Waals surface area contributed by atoms with E-state index < -0.39 is 0 Å². The van der Waals surface area contributed by atoms with Crippen molar-refractivity contribution >= 4 is 23.2 Å². The van der Waals surface area contributed by atoms with Crippen molar-refractivity contribution in [2.75, 3.05) is 0 Å². The first-order valence-corrected chi connectivity index (χ1v) is 10.7. The van der Waals surface area contributed by atoms with Gasteiger partial charge in [0.15, 0.2) is 0 Å². The summed E-state index contributed by atoms with van der Waals surface area (Å²) in [7, 11) is 0. The van der Waals surface area contributed by atoms with Gasteiger partial charge in [0, 0.05) is 23.9 Å². The van der Waals surface area contributed by atoms with Crippen molar-refractivity contribution in [2.24, 2.45) is 0 Å². The van der Waals surface area contributed by atoms with Crippen molar-refractivity contribution < 1.29 is 9.59 Å². The summed E-state index contributed by atoms with van der Waals surface area (Å²) in [5, 5.41) is 7.96. The fraction of sp³-hybridized carbons (Fsp3) is 0.250. The summed E-state index contributed by atoms with van der Waals surface area (Å²) < 4.78 is 0. The number of rotatable bonds is 8. The fourth-order valence-corrected chi connectivity index (χ4v) is 3.96. The second-order valence-electron chi connectivity index (χ2n) is 7.02. The van der Waals surface area contributed by atoms with E-state index in [0.717, 1.165) is 28.8 Å². The minimum Gasteiger partial charge on any atom is -0.352 e. The molecule has 0 saturated heterocycles. The monoisotopic (exact) mass is 406 g/mol. The molecule has 0 spiro atoms. The van der Waals surface area contributed by atoms with E-state index >= 15 is 0 Å². The molecule has 0 saturated carbocycles. The third-order valence-electron chi connectivity index (χ3n) is 4.71. The average molecular weight is 407 g/mol. The van der Waals surface area contributed by atoms with Crippen LogP contribution in [0.25, 0.3) is 0 Å². The van der Waals surface area contributed by atoms with Crippen LogP contribution in [0.5, 0.6) is 0 Å². The maximum Gasteiger partial charge on any atom is 0.252 e. The highest BCUT2D eigenvalue weighted by molar-refractivity contribution is 7.10. The van der Waals surface area contributed by atoms with Gasteiger partial charge in [-0.25, -0.2) is 0 Å². The van der Waals surface area contributed by atoms with Crippen LogP contribution in [0.3, 0.4) is 0 Å². The zero-order valence-corrected chi connectivity index (χ0v) is 17.6. The van der Waals surface area contributed by atoms with Gasteiger partial charge in [-0.3, -0.25) is 9.59 Å². The molecule has 29 heavy (non-hydrogen) atoms. The van der Waals surface area contributed by atoms with Crippen LogP contribution in [0.1, 0.15) is 58.2 Å². The molecule has 2 amide bonds. The Bertz CT molecular complexity index is 932. The van der Waals surface area contributed by atoms with Crippen molar-refractivity contribution in [3.05, 3.63) is 93.2 Å². The lowest BCUT2D eigenvalue weighted by Gasteiger charge is -2.19. The first-order valence-electron chi connectivity index (χ1n) is 9.83. The maximum atomic E-state index is 12.9. The summed E-state index contributed by atoms with van der Waals surface area (Å²) >= 11 is 1.63. The molecule has 2 N–H and O–H groups in total. The van der Waals surface area contributed by atoms with Crippen molar-refractivity contribution in [1.82, 2.24) is 10.6 Å². The molecule has 0 radical (unpaired) electrons. The third kappa shape index (κ3) is 5.78. The number of thiophene rings is 1. The van der Waals surface area contributed by atoms with Crippen molar-refractivity contribution in [2.45, 2.75) is 39.3 Å². The van der Waals surface area contributed by atoms with E-state index in [1.165, 1.54) is 12.5 Å². The quantitative estimate of drug-likeness (QED) is 0.561. The largest absolute Gasteiger partial charge is 0.352 e. The van der Waals surface area contributed by atoms with Crippen molar-refractivity contribution in [3.63, 3.8) is 0 Å². The first-order chi connectivity index (χ1) is 14.1. The predicted octanol–water partition coefficient (Wildman–Crippen LogP) is 4.86. The molecule has 0 fully saturated rings. The summed E-state index contributed by atoms with van der Waals surface area (Å²) in [5.74, 6) is -0.192. The Morgan fingerprint density at radius 1 is 0.966 bits per heavy atom. The van der Waals surface area contributed by atoms with Gasteiger partial charge in [-0.1, -0.05) is 55.8 Å². The molecule has 5 heteroatoms. The lowest BCUT2D eigenvalue weighted by Crippen LogP contribution is -2.28. The van der Waals surface area contributed by atoms with Gasteiger partial charge in [0.2, 0.25) is 5.91 Å². The third-order valence-corrected chi connectivity index (χ3v) is 5.65. The second kappa shape index (κ2) is 10.0. The number of aryl methyl sites for hydroxylation is 1. The normalized spacial score (nSPS) is 11.7. The predicted molar refractivity (Wildman–Crippen MR) is 118 cm³/mol. The van der Waals surface area contributed by atoms with E-state index in [9.17, 15) is 9.59 Å². The van der Waals surface area contributed by atoms with Gasteiger partial charge < -0.3 is 10.6 Å². The van der Waals surface area contributed by atoms with Crippen molar-refractivity contribution in [1.29, 1.82) is 0 Å². The number of nitrogens with one attached hydrogen (secondary N) is 2. The number of hydrogen-bond donors (Lipinski definition) is 2. The second-order valence-corrected chi connectivity index (χ2v) is 8.00. The summed E-state index contributed by atoms with van der Waals surface area (Å²) in [6, 6.07) is 19.7. The van der Waals surface area contributed by atoms with Gasteiger partial charge in [0.1, 0.15) is 0 Å². The van der Waals surface area contributed by atoms with Gasteiger partial charge in [-0.15, -0.1) is 11.3 Å². The van der Waals surface area contributed by atoms with Gasteiger partial charge >= 0.3 is 0 Å². The number of carbonyl (C=O) groups is 2. The highest BCUT2D eigenvalue weighted by Gasteiger charge is 2.19. The molecular formula is C24H26N2O2S. The van der Waals surface area contributed by atoms with E-state index in [1.807, 2.05) is 29.6 Å². The van der Waals surface area contributed by atoms with Crippen LogP contribution >= 0.6 is 11.3 Å². The molecule has 4 nitrogen and oxygen atoms in total. The summed E-state index contributed by atoms with van der Waals surface area (Å²) in [6.45, 7) is 4.12. The summed E-state index contributed by atoms with van der Waals surface area (Å²) in [4.78, 5) is 25.0. The standard InChI is InChI=1S/C24H26N2O2S/c1-3-5-18-7-11-20(12-8-18)23(22-6-4-15-29-22)26-24(28)21-13-9-19(10-14-21)16-25-17(2)27/h4,6-15,23H,3,5,16H2,1-2H3,(H,25,27)(H,26,28). The minimum absolute atomic E-state index is 0.0736. The Hall–Kier alpha value is -2.92.